The van der Waals surface area contributed by atoms with E-state index in [1.807, 2.05) is 18.2 Å². The molecule has 2 aromatic rings. The van der Waals surface area contributed by atoms with E-state index in [0.29, 0.717) is 52.3 Å². The molecule has 198 valence electrons. The average Bonchev–Trinajstić information content (AvgIpc) is 2.91. The van der Waals surface area contributed by atoms with Crippen molar-refractivity contribution in [1.29, 1.82) is 0 Å². The van der Waals surface area contributed by atoms with Gasteiger partial charge in [0.25, 0.3) is 5.91 Å². The monoisotopic (exact) mass is 564 g/mol. The van der Waals surface area contributed by atoms with E-state index >= 15 is 0 Å². The molecule has 1 heterocycles. The molecule has 0 spiro atoms. The summed E-state index contributed by atoms with van der Waals surface area (Å²) in [5.74, 6) is -0.302. The summed E-state index contributed by atoms with van der Waals surface area (Å²) in [7, 11) is 1.67. The summed E-state index contributed by atoms with van der Waals surface area (Å²) in [5.41, 5.74) is 1.96. The predicted octanol–water partition coefficient (Wildman–Crippen LogP) is 3.67. The number of thiocarbonyl (C=S) groups is 1. The van der Waals surface area contributed by atoms with Crippen LogP contribution < -0.4 is 26.2 Å². The summed E-state index contributed by atoms with van der Waals surface area (Å²) < 4.78 is 5.19. The van der Waals surface area contributed by atoms with Gasteiger partial charge in [-0.05, 0) is 57.3 Å². The molecule has 0 radical (unpaired) electrons. The lowest BCUT2D eigenvalue weighted by molar-refractivity contribution is -0.119. The number of aliphatic imine (C=N–C) groups is 1. The number of ether oxygens (including phenoxy) is 1. The zero-order valence-corrected chi connectivity index (χ0v) is 23.4. The van der Waals surface area contributed by atoms with Gasteiger partial charge in [0.2, 0.25) is 6.17 Å². The highest BCUT2D eigenvalue weighted by Gasteiger charge is 2.31. The van der Waals surface area contributed by atoms with Crippen LogP contribution >= 0.6 is 35.4 Å². The molecule has 0 aromatic heterocycles. The predicted molar refractivity (Wildman–Crippen MR) is 152 cm³/mol. The molecular weight excluding hydrogens is 535 g/mol. The SMILES string of the molecule is CN1C(=O)C(NC(=S)NCNCCNC(=O)OC(C)(C)C)N=C(c2ccccc2Cl)c2cc(Cl)ccc21. The molecule has 0 fully saturated rings. The number of halogens is 2. The minimum absolute atomic E-state index is 0.227. The molecule has 1 aliphatic heterocycles. The zero-order valence-electron chi connectivity index (χ0n) is 21.0. The van der Waals surface area contributed by atoms with Gasteiger partial charge < -0.3 is 25.6 Å². The molecule has 0 aliphatic carbocycles. The third-order valence-corrected chi connectivity index (χ3v) is 5.97. The van der Waals surface area contributed by atoms with E-state index in [1.54, 1.807) is 52.1 Å². The summed E-state index contributed by atoms with van der Waals surface area (Å²) >= 11 is 18.2. The van der Waals surface area contributed by atoms with Crippen LogP contribution in [0.1, 0.15) is 31.9 Å². The number of benzene rings is 2. The second kappa shape index (κ2) is 12.6. The Morgan fingerprint density at radius 3 is 2.54 bits per heavy atom. The Labute approximate surface area is 231 Å². The number of anilines is 1. The number of fused-ring (bicyclic) bond motifs is 1. The van der Waals surface area contributed by atoms with Gasteiger partial charge in [0, 0.05) is 41.3 Å². The van der Waals surface area contributed by atoms with Crippen molar-refractivity contribution in [3.05, 3.63) is 63.6 Å². The Balaban J connectivity index is 1.66. The number of amides is 2. The number of nitrogens with one attached hydrogen (secondary N) is 4. The third-order valence-electron chi connectivity index (χ3n) is 5.14. The number of carbonyl (C=O) groups excluding carboxylic acids is 2. The molecule has 1 atom stereocenters. The van der Waals surface area contributed by atoms with Crippen molar-refractivity contribution in [2.24, 2.45) is 4.99 Å². The van der Waals surface area contributed by atoms with E-state index in [9.17, 15) is 9.59 Å². The van der Waals surface area contributed by atoms with E-state index in [2.05, 4.69) is 21.3 Å². The summed E-state index contributed by atoms with van der Waals surface area (Å²) in [6.07, 6.45) is -1.49. The first kappa shape index (κ1) is 28.6. The average molecular weight is 566 g/mol. The van der Waals surface area contributed by atoms with E-state index in [-0.39, 0.29) is 11.0 Å². The Bertz CT molecular complexity index is 1200. The van der Waals surface area contributed by atoms with E-state index in [1.165, 1.54) is 4.90 Å². The Morgan fingerprint density at radius 2 is 1.84 bits per heavy atom. The summed E-state index contributed by atoms with van der Waals surface area (Å²) in [6.45, 7) is 6.55. The van der Waals surface area contributed by atoms with Crippen molar-refractivity contribution in [2.45, 2.75) is 32.5 Å². The maximum Gasteiger partial charge on any atom is 0.407 e. The van der Waals surface area contributed by atoms with Crippen LogP contribution in [-0.4, -0.2) is 61.4 Å². The van der Waals surface area contributed by atoms with Crippen LogP contribution in [0.5, 0.6) is 0 Å². The van der Waals surface area contributed by atoms with E-state index in [0.717, 1.165) is 0 Å². The maximum absolute atomic E-state index is 13.3. The molecule has 0 bridgehead atoms. The van der Waals surface area contributed by atoms with Gasteiger partial charge in [0.1, 0.15) is 5.60 Å². The van der Waals surface area contributed by atoms with Crippen LogP contribution in [0, 0.1) is 0 Å². The van der Waals surface area contributed by atoms with Crippen LogP contribution in [0.4, 0.5) is 10.5 Å². The van der Waals surface area contributed by atoms with Gasteiger partial charge in [-0.15, -0.1) is 0 Å². The number of hydrogen-bond acceptors (Lipinski definition) is 6. The van der Waals surface area contributed by atoms with Crippen LogP contribution in [0.3, 0.4) is 0 Å². The molecule has 0 saturated carbocycles. The standard InChI is InChI=1S/C25H30Cl2N6O3S/c1-25(2,3)36-24(35)29-12-11-28-14-30-23(37)32-21-22(34)33(4)19-10-9-15(26)13-17(19)20(31-21)16-7-5-6-8-18(16)27/h5-10,13,21,28H,11-12,14H2,1-4H3,(H,29,35)(H2,30,32,37). The largest absolute Gasteiger partial charge is 0.444 e. The highest BCUT2D eigenvalue weighted by atomic mass is 35.5. The molecule has 4 N–H and O–H groups in total. The number of carbonyl (C=O) groups is 2. The quantitative estimate of drug-likeness (QED) is 0.231. The van der Waals surface area contributed by atoms with Crippen molar-refractivity contribution in [2.75, 3.05) is 31.7 Å². The maximum atomic E-state index is 13.3. The van der Waals surface area contributed by atoms with Crippen molar-refractivity contribution in [3.63, 3.8) is 0 Å². The molecular formula is C25H30Cl2N6O3S. The second-order valence-electron chi connectivity index (χ2n) is 9.17. The van der Waals surface area contributed by atoms with Crippen molar-refractivity contribution in [3.8, 4) is 0 Å². The second-order valence-corrected chi connectivity index (χ2v) is 10.4. The fourth-order valence-corrected chi connectivity index (χ4v) is 4.06. The van der Waals surface area contributed by atoms with Crippen LogP contribution in [0.2, 0.25) is 10.0 Å². The highest BCUT2D eigenvalue weighted by molar-refractivity contribution is 7.80. The summed E-state index contributed by atoms with van der Waals surface area (Å²) in [4.78, 5) is 31.2. The molecule has 2 amide bonds. The lowest BCUT2D eigenvalue weighted by atomic mass is 10.00. The zero-order chi connectivity index (χ0) is 27.2. The molecule has 2 aromatic carbocycles. The number of rotatable bonds is 7. The van der Waals surface area contributed by atoms with Crippen LogP contribution in [0.15, 0.2) is 47.5 Å². The van der Waals surface area contributed by atoms with Crippen molar-refractivity contribution in [1.82, 2.24) is 21.3 Å². The van der Waals surface area contributed by atoms with Crippen LogP contribution in [0.25, 0.3) is 0 Å². The fourth-order valence-electron chi connectivity index (χ4n) is 3.48. The van der Waals surface area contributed by atoms with Gasteiger partial charge in [-0.3, -0.25) is 10.1 Å². The number of alkyl carbamates (subject to hydrolysis) is 1. The van der Waals surface area contributed by atoms with Gasteiger partial charge in [-0.1, -0.05) is 41.4 Å². The van der Waals surface area contributed by atoms with Crippen molar-refractivity contribution < 1.29 is 14.3 Å². The first-order valence-corrected chi connectivity index (χ1v) is 12.7. The number of nitrogens with zero attached hydrogens (tertiary/aromatic N) is 2. The van der Waals surface area contributed by atoms with Gasteiger partial charge in [0.05, 0.1) is 18.1 Å². The Hall–Kier alpha value is -2.92. The molecule has 9 nitrogen and oxygen atoms in total. The third kappa shape index (κ3) is 8.03. The van der Waals surface area contributed by atoms with Crippen LogP contribution in [-0.2, 0) is 9.53 Å². The topological polar surface area (TPSA) is 107 Å². The summed E-state index contributed by atoms with van der Waals surface area (Å²) in [6, 6.07) is 12.5. The normalized spacial score (nSPS) is 15.3. The Kier molecular flexibility index (Phi) is 9.72. The number of hydrogen-bond donors (Lipinski definition) is 4. The fraction of sp³-hybridized carbons (Fsp3) is 0.360. The van der Waals surface area contributed by atoms with Gasteiger partial charge in [-0.2, -0.15) is 0 Å². The van der Waals surface area contributed by atoms with Gasteiger partial charge >= 0.3 is 6.09 Å². The number of likely N-dealkylation sites (N-methyl/N-ethyl adjacent to an activating group) is 1. The van der Waals surface area contributed by atoms with Gasteiger partial charge in [0.15, 0.2) is 5.11 Å². The molecule has 1 unspecified atom stereocenters. The minimum Gasteiger partial charge on any atom is -0.444 e. The number of benzodiazepines with no additional fused rings is 1. The lowest BCUT2D eigenvalue weighted by Gasteiger charge is -2.22. The highest BCUT2D eigenvalue weighted by Crippen LogP contribution is 2.31. The molecule has 37 heavy (non-hydrogen) atoms. The Morgan fingerprint density at radius 1 is 1.11 bits per heavy atom. The molecule has 12 heteroatoms. The smallest absolute Gasteiger partial charge is 0.407 e. The first-order valence-electron chi connectivity index (χ1n) is 11.6. The van der Waals surface area contributed by atoms with Gasteiger partial charge in [-0.25, -0.2) is 9.79 Å². The molecule has 0 saturated heterocycles. The summed E-state index contributed by atoms with van der Waals surface area (Å²) in [5, 5.41) is 12.9. The molecule has 1 aliphatic rings. The van der Waals surface area contributed by atoms with E-state index in [4.69, 9.17) is 45.1 Å². The van der Waals surface area contributed by atoms with E-state index < -0.39 is 17.9 Å². The first-order chi connectivity index (χ1) is 17.5. The van der Waals surface area contributed by atoms with Crippen molar-refractivity contribution >= 4 is 63.9 Å². The lowest BCUT2D eigenvalue weighted by Crippen LogP contribution is -2.51. The molecule has 3 rings (SSSR count). The minimum atomic E-state index is -1.00.